The van der Waals surface area contributed by atoms with Crippen LogP contribution >= 0.6 is 27.7 Å². The van der Waals surface area contributed by atoms with E-state index < -0.39 is 0 Å². The third-order valence-corrected chi connectivity index (χ3v) is 4.85. The van der Waals surface area contributed by atoms with Gasteiger partial charge in [-0.1, -0.05) is 28.1 Å². The van der Waals surface area contributed by atoms with Crippen LogP contribution in [0, 0.1) is 0 Å². The molecule has 0 aliphatic carbocycles. The van der Waals surface area contributed by atoms with Crippen LogP contribution in [-0.2, 0) is 4.79 Å². The van der Waals surface area contributed by atoms with Crippen LogP contribution in [-0.4, -0.2) is 30.1 Å². The van der Waals surface area contributed by atoms with Crippen LogP contribution in [0.25, 0.3) is 17.4 Å². The molecule has 0 spiro atoms. The van der Waals surface area contributed by atoms with Crippen LogP contribution in [0.15, 0.2) is 55.2 Å². The highest BCUT2D eigenvalue weighted by Crippen LogP contribution is 2.32. The molecule has 3 rings (SSSR count). The average Bonchev–Trinajstić information content (AvgIpc) is 3.08. The highest BCUT2D eigenvalue weighted by molar-refractivity contribution is 9.10. The van der Waals surface area contributed by atoms with Gasteiger partial charge in [-0.2, -0.15) is 0 Å². The van der Waals surface area contributed by atoms with Crippen molar-refractivity contribution in [2.45, 2.75) is 0 Å². The number of halogens is 1. The van der Waals surface area contributed by atoms with Gasteiger partial charge in [0.2, 0.25) is 0 Å². The molecule has 1 aromatic heterocycles. The van der Waals surface area contributed by atoms with Gasteiger partial charge in [0, 0.05) is 30.2 Å². The van der Waals surface area contributed by atoms with Gasteiger partial charge >= 0.3 is 0 Å². The van der Waals surface area contributed by atoms with Crippen LogP contribution in [0.2, 0.25) is 0 Å². The molecule has 0 atom stereocenters. The summed E-state index contributed by atoms with van der Waals surface area (Å²) >= 11 is 4.80. The zero-order chi connectivity index (χ0) is 15.7. The van der Waals surface area contributed by atoms with E-state index in [-0.39, 0.29) is 5.91 Å². The van der Waals surface area contributed by atoms with Crippen molar-refractivity contribution in [3.63, 3.8) is 0 Å². The summed E-state index contributed by atoms with van der Waals surface area (Å²) < 4.78 is 6.81. The molecule has 0 radical (unpaired) electrons. The van der Waals surface area contributed by atoms with Crippen molar-refractivity contribution in [2.24, 2.45) is 4.99 Å². The first-order chi connectivity index (χ1) is 10.6. The van der Waals surface area contributed by atoms with E-state index in [9.17, 15) is 4.79 Å². The number of furan rings is 1. The van der Waals surface area contributed by atoms with E-state index in [1.165, 1.54) is 16.7 Å². The molecule has 1 aliphatic heterocycles. The van der Waals surface area contributed by atoms with Crippen molar-refractivity contribution in [2.75, 3.05) is 14.1 Å². The van der Waals surface area contributed by atoms with Crippen molar-refractivity contribution in [3.05, 3.63) is 51.5 Å². The minimum Gasteiger partial charge on any atom is -0.457 e. The lowest BCUT2D eigenvalue weighted by Crippen LogP contribution is -2.23. The summed E-state index contributed by atoms with van der Waals surface area (Å²) in [7, 11) is 3.39. The van der Waals surface area contributed by atoms with Crippen molar-refractivity contribution >= 4 is 44.8 Å². The molecule has 1 aromatic carbocycles. The van der Waals surface area contributed by atoms with Crippen molar-refractivity contribution in [3.8, 4) is 11.3 Å². The molecular formula is C16H13BrN2O2S. The molecule has 0 unspecified atom stereocenters. The van der Waals surface area contributed by atoms with Crippen molar-refractivity contribution < 1.29 is 9.21 Å². The van der Waals surface area contributed by atoms with Gasteiger partial charge in [0.15, 0.2) is 5.17 Å². The number of likely N-dealkylation sites (N-methyl/N-ethyl adjacent to an activating group) is 1. The van der Waals surface area contributed by atoms with Gasteiger partial charge in [0.25, 0.3) is 5.91 Å². The predicted octanol–water partition coefficient (Wildman–Crippen LogP) is 4.24. The minimum atomic E-state index is -0.0639. The van der Waals surface area contributed by atoms with Gasteiger partial charge < -0.3 is 4.42 Å². The highest BCUT2D eigenvalue weighted by atomic mass is 79.9. The van der Waals surface area contributed by atoms with Crippen LogP contribution in [0.5, 0.6) is 0 Å². The fourth-order valence-electron chi connectivity index (χ4n) is 2.11. The number of hydrogen-bond acceptors (Lipinski definition) is 4. The molecule has 1 saturated heterocycles. The quantitative estimate of drug-likeness (QED) is 0.736. The number of benzene rings is 1. The third kappa shape index (κ3) is 2.89. The molecule has 0 N–H and O–H groups in total. The number of amidine groups is 1. The number of rotatable bonds is 2. The molecule has 0 bridgehead atoms. The van der Waals surface area contributed by atoms with Crippen molar-refractivity contribution in [1.29, 1.82) is 0 Å². The van der Waals surface area contributed by atoms with Gasteiger partial charge in [0.05, 0.1) is 4.91 Å². The lowest BCUT2D eigenvalue weighted by Gasteiger charge is -2.04. The molecule has 6 heteroatoms. The molecular weight excluding hydrogens is 364 g/mol. The van der Waals surface area contributed by atoms with E-state index in [1.807, 2.05) is 36.4 Å². The van der Waals surface area contributed by atoms with Gasteiger partial charge in [-0.25, -0.2) is 0 Å². The number of carbonyl (C=O) groups excluding carboxylic acids is 1. The van der Waals surface area contributed by atoms with Gasteiger partial charge in [-0.15, -0.1) is 0 Å². The maximum atomic E-state index is 12.1. The Balaban J connectivity index is 1.89. The number of thioether (sulfide) groups is 1. The largest absolute Gasteiger partial charge is 0.457 e. The number of nitrogens with zero attached hydrogens (tertiary/aromatic N) is 2. The molecule has 22 heavy (non-hydrogen) atoms. The molecule has 4 nitrogen and oxygen atoms in total. The van der Waals surface area contributed by atoms with Gasteiger partial charge in [-0.3, -0.25) is 14.7 Å². The second-order valence-corrected chi connectivity index (χ2v) is 6.62. The van der Waals surface area contributed by atoms with E-state index in [0.717, 1.165) is 15.8 Å². The molecule has 1 fully saturated rings. The van der Waals surface area contributed by atoms with Crippen LogP contribution in [0.3, 0.4) is 0 Å². The van der Waals surface area contributed by atoms with Crippen LogP contribution < -0.4 is 0 Å². The van der Waals surface area contributed by atoms with Crippen molar-refractivity contribution in [1.82, 2.24) is 4.90 Å². The first kappa shape index (κ1) is 15.1. The Bertz CT molecular complexity index is 795. The predicted molar refractivity (Wildman–Crippen MR) is 93.5 cm³/mol. The molecule has 1 aliphatic rings. The number of aliphatic imine (C=N–C) groups is 1. The lowest BCUT2D eigenvalue weighted by molar-refractivity contribution is -0.121. The summed E-state index contributed by atoms with van der Waals surface area (Å²) in [6.45, 7) is 0. The SMILES string of the molecule is CN=C1S/C(=C\c2ccc(-c3cccc(Br)c3)o2)C(=O)N1C. The summed E-state index contributed by atoms with van der Waals surface area (Å²) in [6.07, 6.45) is 1.75. The Labute approximate surface area is 141 Å². The zero-order valence-corrected chi connectivity index (χ0v) is 14.4. The van der Waals surface area contributed by atoms with Gasteiger partial charge in [0.1, 0.15) is 11.5 Å². The Hall–Kier alpha value is -1.79. The second-order valence-electron chi connectivity index (χ2n) is 4.69. The summed E-state index contributed by atoms with van der Waals surface area (Å²) in [6, 6.07) is 11.6. The Kier molecular flexibility index (Phi) is 4.22. The highest BCUT2D eigenvalue weighted by Gasteiger charge is 2.30. The summed E-state index contributed by atoms with van der Waals surface area (Å²) in [5, 5.41) is 0.690. The Morgan fingerprint density at radius 3 is 2.82 bits per heavy atom. The Morgan fingerprint density at radius 1 is 1.32 bits per heavy atom. The van der Waals surface area contributed by atoms with E-state index in [2.05, 4.69) is 20.9 Å². The summed E-state index contributed by atoms with van der Waals surface area (Å²) in [5.74, 6) is 1.35. The first-order valence-corrected chi connectivity index (χ1v) is 8.19. The maximum absolute atomic E-state index is 12.1. The maximum Gasteiger partial charge on any atom is 0.266 e. The van der Waals surface area contributed by atoms with Gasteiger partial charge in [-0.05, 0) is 36.0 Å². The molecule has 2 heterocycles. The Morgan fingerprint density at radius 2 is 2.14 bits per heavy atom. The van der Waals surface area contributed by atoms with E-state index in [1.54, 1.807) is 20.2 Å². The zero-order valence-electron chi connectivity index (χ0n) is 12.0. The van der Waals surface area contributed by atoms with E-state index in [4.69, 9.17) is 4.42 Å². The number of amides is 1. The fraction of sp³-hybridized carbons (Fsp3) is 0.125. The third-order valence-electron chi connectivity index (χ3n) is 3.20. The molecule has 112 valence electrons. The second kappa shape index (κ2) is 6.14. The number of carbonyl (C=O) groups is 1. The van der Waals surface area contributed by atoms with Crippen LogP contribution in [0.1, 0.15) is 5.76 Å². The number of hydrogen-bond donors (Lipinski definition) is 0. The molecule has 2 aromatic rings. The topological polar surface area (TPSA) is 45.8 Å². The van der Waals surface area contributed by atoms with E-state index >= 15 is 0 Å². The monoisotopic (exact) mass is 376 g/mol. The first-order valence-electron chi connectivity index (χ1n) is 6.58. The minimum absolute atomic E-state index is 0.0639. The average molecular weight is 377 g/mol. The van der Waals surface area contributed by atoms with Crippen LogP contribution in [0.4, 0.5) is 0 Å². The summed E-state index contributed by atoms with van der Waals surface area (Å²) in [4.78, 5) is 18.3. The molecule has 1 amide bonds. The normalized spacial score (nSPS) is 18.7. The van der Waals surface area contributed by atoms with E-state index in [0.29, 0.717) is 15.8 Å². The smallest absolute Gasteiger partial charge is 0.266 e. The lowest BCUT2D eigenvalue weighted by atomic mass is 10.2. The summed E-state index contributed by atoms with van der Waals surface area (Å²) in [5.41, 5.74) is 0.984. The molecule has 0 saturated carbocycles. The standard InChI is InChI=1S/C16H13BrN2O2S/c1-18-16-19(2)15(20)14(22-16)9-12-6-7-13(21-12)10-4-3-5-11(17)8-10/h3-9H,1-2H3/b14-9-,18-16?. The fourth-order valence-corrected chi connectivity index (χ4v) is 3.41.